The number of amides is 1. The molecule has 5 rings (SSSR count). The lowest BCUT2D eigenvalue weighted by Crippen LogP contribution is -2.29. The molecule has 1 aliphatic heterocycles. The molecule has 37 heavy (non-hydrogen) atoms. The molecule has 0 spiro atoms. The minimum atomic E-state index is -0.186. The summed E-state index contributed by atoms with van der Waals surface area (Å²) in [6, 6.07) is 13.3. The van der Waals surface area contributed by atoms with Crippen molar-refractivity contribution in [3.63, 3.8) is 0 Å². The zero-order valence-corrected chi connectivity index (χ0v) is 23.3. The molecule has 190 valence electrons. The Morgan fingerprint density at radius 2 is 1.97 bits per heavy atom. The Bertz CT molecular complexity index is 1450. The number of anilines is 2. The molecule has 4 heterocycles. The number of carbonyl (C=O) groups is 1. The SMILES string of the molecule is Cc1cc([C@@H]2[C@H](c3ccccn3)NC(=S)N2c2ccc(NC(=O)C(C)C)c(Cl)c2)c(C)n1-c1nccs1. The van der Waals surface area contributed by atoms with Gasteiger partial charge >= 0.3 is 0 Å². The van der Waals surface area contributed by atoms with E-state index in [4.69, 9.17) is 23.8 Å². The maximum absolute atomic E-state index is 12.2. The molecule has 7 nitrogen and oxygen atoms in total. The van der Waals surface area contributed by atoms with Crippen LogP contribution in [0.15, 0.2) is 60.2 Å². The highest BCUT2D eigenvalue weighted by atomic mass is 35.5. The molecular weight excluding hydrogens is 524 g/mol. The molecule has 0 bridgehead atoms. The number of halogens is 1. The maximum atomic E-state index is 12.2. The lowest BCUT2D eigenvalue weighted by molar-refractivity contribution is -0.118. The van der Waals surface area contributed by atoms with Gasteiger partial charge in [0, 0.05) is 40.8 Å². The fourth-order valence-electron chi connectivity index (χ4n) is 4.69. The molecular formula is C27H27ClN6OS2. The second kappa shape index (κ2) is 10.2. The Morgan fingerprint density at radius 1 is 1.16 bits per heavy atom. The number of aromatic nitrogens is 3. The summed E-state index contributed by atoms with van der Waals surface area (Å²) in [5, 5.41) is 10.3. The number of hydrogen-bond acceptors (Lipinski definition) is 5. The van der Waals surface area contributed by atoms with E-state index < -0.39 is 0 Å². The minimum absolute atomic E-state index is 0.0873. The predicted molar refractivity (Wildman–Crippen MR) is 154 cm³/mol. The first-order valence-corrected chi connectivity index (χ1v) is 13.6. The second-order valence-corrected chi connectivity index (χ2v) is 10.9. The Kier molecular flexibility index (Phi) is 7.02. The second-order valence-electron chi connectivity index (χ2n) is 9.28. The molecule has 1 aliphatic rings. The molecule has 0 radical (unpaired) electrons. The summed E-state index contributed by atoms with van der Waals surface area (Å²) in [6.45, 7) is 7.88. The monoisotopic (exact) mass is 550 g/mol. The van der Waals surface area contributed by atoms with Crippen molar-refractivity contribution in [1.82, 2.24) is 19.9 Å². The molecule has 0 unspecified atom stereocenters. The smallest absolute Gasteiger partial charge is 0.226 e. The quantitative estimate of drug-likeness (QED) is 0.272. The number of aryl methyl sites for hydroxylation is 1. The fourth-order valence-corrected chi connectivity index (χ4v) is 6.01. The molecule has 0 aliphatic carbocycles. The van der Waals surface area contributed by atoms with Crippen molar-refractivity contribution in [3.05, 3.63) is 87.9 Å². The molecule has 3 aromatic heterocycles. The van der Waals surface area contributed by atoms with Crippen LogP contribution in [0, 0.1) is 19.8 Å². The Hall–Kier alpha value is -3.27. The Balaban J connectivity index is 1.61. The van der Waals surface area contributed by atoms with Crippen molar-refractivity contribution in [2.75, 3.05) is 10.2 Å². The third-order valence-corrected chi connectivity index (χ3v) is 7.89. The average molecular weight is 551 g/mol. The first kappa shape index (κ1) is 25.4. The van der Waals surface area contributed by atoms with E-state index in [1.54, 1.807) is 17.5 Å². The van der Waals surface area contributed by atoms with Gasteiger partial charge in [-0.25, -0.2) is 4.98 Å². The van der Waals surface area contributed by atoms with E-state index in [0.717, 1.165) is 33.5 Å². The topological polar surface area (TPSA) is 75.1 Å². The number of rotatable bonds is 6. The van der Waals surface area contributed by atoms with Gasteiger partial charge in [0.05, 0.1) is 28.5 Å². The molecule has 1 fully saturated rings. The van der Waals surface area contributed by atoms with Crippen molar-refractivity contribution >= 4 is 57.5 Å². The van der Waals surface area contributed by atoms with Crippen LogP contribution in [-0.2, 0) is 4.79 Å². The number of thiazole rings is 1. The largest absolute Gasteiger partial charge is 0.351 e. The van der Waals surface area contributed by atoms with E-state index in [1.165, 1.54) is 0 Å². The number of carbonyl (C=O) groups excluding carboxylic acids is 1. The van der Waals surface area contributed by atoms with Crippen LogP contribution >= 0.6 is 35.2 Å². The number of benzene rings is 1. The summed E-state index contributed by atoms with van der Waals surface area (Å²) in [4.78, 5) is 23.5. The number of hydrogen-bond donors (Lipinski definition) is 2. The van der Waals surface area contributed by atoms with Gasteiger partial charge in [-0.2, -0.15) is 0 Å². The number of pyridine rings is 1. The van der Waals surface area contributed by atoms with Gasteiger partial charge in [0.1, 0.15) is 0 Å². The van der Waals surface area contributed by atoms with Gasteiger partial charge in [0.25, 0.3) is 0 Å². The Morgan fingerprint density at radius 3 is 2.62 bits per heavy atom. The van der Waals surface area contributed by atoms with Crippen LogP contribution in [0.3, 0.4) is 0 Å². The summed E-state index contributed by atoms with van der Waals surface area (Å²) >= 11 is 14.1. The summed E-state index contributed by atoms with van der Waals surface area (Å²) in [5.74, 6) is -0.238. The first-order valence-electron chi connectivity index (χ1n) is 12.0. The molecule has 2 atom stereocenters. The third-order valence-electron chi connectivity index (χ3n) is 6.51. The summed E-state index contributed by atoms with van der Waals surface area (Å²) in [6.07, 6.45) is 3.61. The minimum Gasteiger partial charge on any atom is -0.351 e. The summed E-state index contributed by atoms with van der Waals surface area (Å²) in [5.41, 5.74) is 5.58. The van der Waals surface area contributed by atoms with Crippen molar-refractivity contribution in [3.8, 4) is 5.13 Å². The molecule has 10 heteroatoms. The van der Waals surface area contributed by atoms with Gasteiger partial charge in [-0.15, -0.1) is 11.3 Å². The highest BCUT2D eigenvalue weighted by molar-refractivity contribution is 7.80. The van der Waals surface area contributed by atoms with Gasteiger partial charge in [-0.05, 0) is 68.0 Å². The van der Waals surface area contributed by atoms with Crippen LogP contribution in [0.2, 0.25) is 5.02 Å². The van der Waals surface area contributed by atoms with Crippen LogP contribution in [-0.4, -0.2) is 25.6 Å². The predicted octanol–water partition coefficient (Wildman–Crippen LogP) is 6.37. The van der Waals surface area contributed by atoms with Crippen LogP contribution in [0.5, 0.6) is 0 Å². The van der Waals surface area contributed by atoms with Crippen LogP contribution < -0.4 is 15.5 Å². The molecule has 1 aromatic carbocycles. The van der Waals surface area contributed by atoms with Crippen molar-refractivity contribution in [1.29, 1.82) is 0 Å². The van der Waals surface area contributed by atoms with Gasteiger partial charge in [0.2, 0.25) is 5.91 Å². The fraction of sp³-hybridized carbons (Fsp3) is 0.259. The van der Waals surface area contributed by atoms with Crippen molar-refractivity contribution in [2.45, 2.75) is 39.8 Å². The van der Waals surface area contributed by atoms with E-state index in [2.05, 4.69) is 50.0 Å². The van der Waals surface area contributed by atoms with Crippen LogP contribution in [0.25, 0.3) is 5.13 Å². The summed E-state index contributed by atoms with van der Waals surface area (Å²) in [7, 11) is 0. The average Bonchev–Trinajstić information content (AvgIpc) is 3.58. The van der Waals surface area contributed by atoms with Gasteiger partial charge in [-0.1, -0.05) is 31.5 Å². The third kappa shape index (κ3) is 4.74. The summed E-state index contributed by atoms with van der Waals surface area (Å²) < 4.78 is 2.17. The zero-order chi connectivity index (χ0) is 26.3. The highest BCUT2D eigenvalue weighted by Gasteiger charge is 2.42. The van der Waals surface area contributed by atoms with E-state index in [0.29, 0.717) is 15.8 Å². The normalized spacial score (nSPS) is 17.4. The molecule has 1 amide bonds. The zero-order valence-electron chi connectivity index (χ0n) is 20.9. The number of nitrogens with one attached hydrogen (secondary N) is 2. The highest BCUT2D eigenvalue weighted by Crippen LogP contribution is 2.44. The molecule has 2 N–H and O–H groups in total. The Labute approximate surface area is 230 Å². The first-order chi connectivity index (χ1) is 17.8. The van der Waals surface area contributed by atoms with E-state index >= 15 is 0 Å². The van der Waals surface area contributed by atoms with E-state index in [9.17, 15) is 4.79 Å². The van der Waals surface area contributed by atoms with Gasteiger partial charge < -0.3 is 15.5 Å². The lowest BCUT2D eigenvalue weighted by atomic mass is 9.96. The number of nitrogens with zero attached hydrogens (tertiary/aromatic N) is 4. The maximum Gasteiger partial charge on any atom is 0.226 e. The number of thiocarbonyl (C=S) groups is 1. The molecule has 1 saturated heterocycles. The van der Waals surface area contributed by atoms with Crippen LogP contribution in [0.4, 0.5) is 11.4 Å². The van der Waals surface area contributed by atoms with Gasteiger partial charge in [-0.3, -0.25) is 14.3 Å². The lowest BCUT2D eigenvalue weighted by Gasteiger charge is -2.28. The molecule has 0 saturated carbocycles. The van der Waals surface area contributed by atoms with E-state index in [1.807, 2.05) is 61.8 Å². The van der Waals surface area contributed by atoms with Crippen molar-refractivity contribution < 1.29 is 4.79 Å². The van der Waals surface area contributed by atoms with Crippen molar-refractivity contribution in [2.24, 2.45) is 5.92 Å². The van der Waals surface area contributed by atoms with Crippen LogP contribution in [0.1, 0.15) is 48.6 Å². The standard InChI is InChI=1S/C27H27ClN6OS2/c1-15(2)25(35)31-21-9-8-18(14-20(21)28)34-24(23(32-26(34)36)22-7-5-6-10-29-22)19-13-16(3)33(17(19)4)27-30-11-12-37-27/h5-15,23-24H,1-4H3,(H,31,35)(H,32,36)/t23-,24+/m0/s1. The van der Waals surface area contributed by atoms with E-state index in [-0.39, 0.29) is 23.9 Å². The molecule has 4 aromatic rings. The van der Waals surface area contributed by atoms with Gasteiger partial charge in [0.15, 0.2) is 10.2 Å².